The summed E-state index contributed by atoms with van der Waals surface area (Å²) in [5.41, 5.74) is 5.06. The minimum Gasteiger partial charge on any atom is -0.369 e. The van der Waals surface area contributed by atoms with E-state index in [1.165, 1.54) is 4.90 Å². The first-order chi connectivity index (χ1) is 6.43. The Morgan fingerprint density at radius 2 is 2.21 bits per heavy atom. The lowest BCUT2D eigenvalue weighted by molar-refractivity contribution is -0.123. The van der Waals surface area contributed by atoms with Gasteiger partial charge in [-0.05, 0) is 6.92 Å². The van der Waals surface area contributed by atoms with E-state index in [0.717, 1.165) is 0 Å². The first-order valence-corrected chi connectivity index (χ1v) is 4.34. The minimum atomic E-state index is -0.524. The lowest BCUT2D eigenvalue weighted by Gasteiger charge is -2.20. The monoisotopic (exact) mass is 199 g/mol. The van der Waals surface area contributed by atoms with Crippen molar-refractivity contribution in [3.8, 4) is 0 Å². The number of urea groups is 1. The largest absolute Gasteiger partial charge is 0.369 e. The standard InChI is InChI=1S/C8H13N3O3/c1-4(6(9)12)3-11-5(2)7(13)10-8(11)14/h4-5H,3H2,1-2H3,(H2,9,12)(H,10,13,14). The van der Waals surface area contributed by atoms with Gasteiger partial charge in [0.2, 0.25) is 5.91 Å². The topological polar surface area (TPSA) is 92.5 Å². The van der Waals surface area contributed by atoms with Crippen LogP contribution >= 0.6 is 0 Å². The average molecular weight is 199 g/mol. The number of hydrogen-bond donors (Lipinski definition) is 2. The Morgan fingerprint density at radius 1 is 1.64 bits per heavy atom. The van der Waals surface area contributed by atoms with Crippen molar-refractivity contribution >= 4 is 17.8 Å². The Hall–Kier alpha value is -1.59. The molecule has 0 spiro atoms. The SMILES string of the molecule is CC(CN1C(=O)NC(=O)C1C)C(N)=O. The third-order valence-electron chi connectivity index (χ3n) is 2.29. The van der Waals surface area contributed by atoms with Gasteiger partial charge >= 0.3 is 6.03 Å². The molecule has 1 aliphatic rings. The molecule has 1 aliphatic heterocycles. The summed E-state index contributed by atoms with van der Waals surface area (Å²) >= 11 is 0. The first-order valence-electron chi connectivity index (χ1n) is 4.34. The van der Waals surface area contributed by atoms with Crippen molar-refractivity contribution in [2.24, 2.45) is 11.7 Å². The van der Waals surface area contributed by atoms with Gasteiger partial charge in [0, 0.05) is 6.54 Å². The van der Waals surface area contributed by atoms with E-state index in [0.29, 0.717) is 0 Å². The number of rotatable bonds is 3. The van der Waals surface area contributed by atoms with Gasteiger partial charge in [-0.25, -0.2) is 4.79 Å². The van der Waals surface area contributed by atoms with Crippen LogP contribution in [0.25, 0.3) is 0 Å². The van der Waals surface area contributed by atoms with Gasteiger partial charge in [0.15, 0.2) is 0 Å². The molecule has 6 heteroatoms. The summed E-state index contributed by atoms with van der Waals surface area (Å²) < 4.78 is 0. The zero-order chi connectivity index (χ0) is 10.9. The second-order valence-electron chi connectivity index (χ2n) is 3.43. The van der Waals surface area contributed by atoms with Crippen LogP contribution in [0.5, 0.6) is 0 Å². The molecule has 1 heterocycles. The number of imide groups is 1. The van der Waals surface area contributed by atoms with Crippen LogP contribution in [0.1, 0.15) is 13.8 Å². The molecular weight excluding hydrogens is 186 g/mol. The molecule has 2 atom stereocenters. The Kier molecular flexibility index (Phi) is 2.73. The van der Waals surface area contributed by atoms with E-state index in [4.69, 9.17) is 5.73 Å². The fourth-order valence-electron chi connectivity index (χ4n) is 1.23. The molecule has 1 rings (SSSR count). The van der Waals surface area contributed by atoms with Crippen LogP contribution in [0.15, 0.2) is 0 Å². The van der Waals surface area contributed by atoms with Gasteiger partial charge < -0.3 is 10.6 Å². The van der Waals surface area contributed by atoms with Crippen LogP contribution in [0.3, 0.4) is 0 Å². The van der Waals surface area contributed by atoms with E-state index >= 15 is 0 Å². The quantitative estimate of drug-likeness (QED) is 0.574. The van der Waals surface area contributed by atoms with Crippen molar-refractivity contribution < 1.29 is 14.4 Å². The van der Waals surface area contributed by atoms with E-state index in [1.54, 1.807) is 13.8 Å². The molecular formula is C8H13N3O3. The zero-order valence-corrected chi connectivity index (χ0v) is 8.11. The third-order valence-corrected chi connectivity index (χ3v) is 2.29. The molecule has 78 valence electrons. The molecule has 0 aliphatic carbocycles. The van der Waals surface area contributed by atoms with E-state index in [2.05, 4.69) is 5.32 Å². The third kappa shape index (κ3) is 1.84. The summed E-state index contributed by atoms with van der Waals surface area (Å²) in [5.74, 6) is -1.27. The number of hydrogen-bond acceptors (Lipinski definition) is 3. The van der Waals surface area contributed by atoms with Gasteiger partial charge in [0.25, 0.3) is 5.91 Å². The van der Waals surface area contributed by atoms with Crippen molar-refractivity contribution in [2.45, 2.75) is 19.9 Å². The fourth-order valence-corrected chi connectivity index (χ4v) is 1.23. The highest BCUT2D eigenvalue weighted by molar-refractivity contribution is 6.04. The predicted molar refractivity (Wildman–Crippen MR) is 48.1 cm³/mol. The molecule has 3 N–H and O–H groups in total. The van der Waals surface area contributed by atoms with Gasteiger partial charge in [0.05, 0.1) is 5.92 Å². The maximum atomic E-state index is 11.2. The maximum absolute atomic E-state index is 11.2. The van der Waals surface area contributed by atoms with Crippen molar-refractivity contribution in [3.63, 3.8) is 0 Å². The van der Waals surface area contributed by atoms with Crippen LogP contribution < -0.4 is 11.1 Å². The summed E-state index contributed by atoms with van der Waals surface area (Å²) in [6.45, 7) is 3.40. The number of nitrogens with one attached hydrogen (secondary N) is 1. The Morgan fingerprint density at radius 3 is 2.57 bits per heavy atom. The number of amides is 4. The van der Waals surface area contributed by atoms with Crippen molar-refractivity contribution in [2.75, 3.05) is 6.54 Å². The molecule has 1 fully saturated rings. The smallest absolute Gasteiger partial charge is 0.324 e. The highest BCUT2D eigenvalue weighted by Crippen LogP contribution is 2.10. The number of carbonyl (C=O) groups is 3. The summed E-state index contributed by atoms with van der Waals surface area (Å²) in [7, 11) is 0. The van der Waals surface area contributed by atoms with E-state index < -0.39 is 23.9 Å². The molecule has 1 saturated heterocycles. The molecule has 0 bridgehead atoms. The molecule has 0 radical (unpaired) electrons. The van der Waals surface area contributed by atoms with Gasteiger partial charge in [-0.3, -0.25) is 14.9 Å². The number of primary amides is 1. The normalized spacial score (nSPS) is 23.6. The van der Waals surface area contributed by atoms with E-state index in [-0.39, 0.29) is 12.5 Å². The van der Waals surface area contributed by atoms with E-state index in [1.807, 2.05) is 0 Å². The fraction of sp³-hybridized carbons (Fsp3) is 0.625. The predicted octanol–water partition coefficient (Wildman–Crippen LogP) is -0.952. The second-order valence-corrected chi connectivity index (χ2v) is 3.43. The Bertz CT molecular complexity index is 290. The number of carbonyl (C=O) groups excluding carboxylic acids is 3. The molecule has 6 nitrogen and oxygen atoms in total. The van der Waals surface area contributed by atoms with E-state index in [9.17, 15) is 14.4 Å². The van der Waals surface area contributed by atoms with Crippen molar-refractivity contribution in [1.82, 2.24) is 10.2 Å². The lowest BCUT2D eigenvalue weighted by Crippen LogP contribution is -2.40. The molecule has 0 aromatic heterocycles. The van der Waals surface area contributed by atoms with Crippen molar-refractivity contribution in [3.05, 3.63) is 0 Å². The summed E-state index contributed by atoms with van der Waals surface area (Å²) in [5, 5.41) is 2.16. The minimum absolute atomic E-state index is 0.175. The van der Waals surface area contributed by atoms with Gasteiger partial charge in [-0.1, -0.05) is 6.92 Å². The highest BCUT2D eigenvalue weighted by Gasteiger charge is 2.35. The first kappa shape index (κ1) is 10.5. The Balaban J connectivity index is 2.65. The number of nitrogens with two attached hydrogens (primary N) is 1. The van der Waals surface area contributed by atoms with Crippen molar-refractivity contribution in [1.29, 1.82) is 0 Å². The maximum Gasteiger partial charge on any atom is 0.324 e. The summed E-state index contributed by atoms with van der Waals surface area (Å²) in [4.78, 5) is 34.3. The van der Waals surface area contributed by atoms with Crippen LogP contribution in [0.2, 0.25) is 0 Å². The number of nitrogens with zero attached hydrogens (tertiary/aromatic N) is 1. The average Bonchev–Trinajstić information content (AvgIpc) is 2.32. The summed E-state index contributed by atoms with van der Waals surface area (Å²) in [6, 6.07) is -0.986. The highest BCUT2D eigenvalue weighted by atomic mass is 16.2. The van der Waals surface area contributed by atoms with Gasteiger partial charge in [-0.2, -0.15) is 0 Å². The Labute approximate surface area is 81.4 Å². The molecule has 14 heavy (non-hydrogen) atoms. The van der Waals surface area contributed by atoms with Crippen LogP contribution in [0.4, 0.5) is 4.79 Å². The van der Waals surface area contributed by atoms with Crippen LogP contribution in [-0.2, 0) is 9.59 Å². The molecule has 4 amide bonds. The van der Waals surface area contributed by atoms with Crippen LogP contribution in [0, 0.1) is 5.92 Å². The van der Waals surface area contributed by atoms with Gasteiger partial charge in [0.1, 0.15) is 6.04 Å². The summed E-state index contributed by atoms with van der Waals surface area (Å²) in [6.07, 6.45) is 0. The van der Waals surface area contributed by atoms with Crippen LogP contribution in [-0.4, -0.2) is 35.3 Å². The zero-order valence-electron chi connectivity index (χ0n) is 8.11. The molecule has 0 aromatic rings. The molecule has 2 unspecified atom stereocenters. The molecule has 0 aromatic carbocycles. The van der Waals surface area contributed by atoms with Gasteiger partial charge in [-0.15, -0.1) is 0 Å². The lowest BCUT2D eigenvalue weighted by atomic mass is 10.1. The molecule has 0 saturated carbocycles. The second kappa shape index (κ2) is 3.65.